The second-order valence-electron chi connectivity index (χ2n) is 45.5. The first-order valence-electron chi connectivity index (χ1n) is 50.1. The van der Waals surface area contributed by atoms with Crippen LogP contribution < -0.4 is 4.98 Å². The van der Waals surface area contributed by atoms with Crippen molar-refractivity contribution in [1.82, 2.24) is 19.9 Å². The van der Waals surface area contributed by atoms with Crippen molar-refractivity contribution in [3.8, 4) is 67.5 Å². The zero-order valence-corrected chi connectivity index (χ0v) is 98.0. The quantitative estimate of drug-likeness (QED) is 0.103. The number of pyridine rings is 2. The fraction of sp³-hybridized carbons (Fsp3) is 0.230. The normalized spacial score (nSPS) is 11.4. The molecule has 0 radical (unpaired) electrons. The maximum atomic E-state index is 5.23. The molecule has 740 valence electrons. The molecule has 15 aromatic carbocycles. The average molecular weight is 2240 g/mol. The Kier molecular flexibility index (Phi) is 40.4. The molecule has 0 bridgehead atoms. The topological polar surface area (TPSA) is 55.7 Å². The zero-order valence-electron chi connectivity index (χ0n) is 90.8. The van der Waals surface area contributed by atoms with E-state index in [4.69, 9.17) is 4.98 Å². The summed E-state index contributed by atoms with van der Waals surface area (Å²) in [6.07, 6.45) is 3.69. The largest absolute Gasteiger partial charge is 4.00 e. The van der Waals surface area contributed by atoms with Crippen LogP contribution in [0.2, 0.25) is 0 Å². The maximum absolute atomic E-state index is 5.23. The second-order valence-corrected chi connectivity index (χ2v) is 45.5. The molecular formula is C139H152Hf2N4-4. The average Bonchev–Trinajstić information content (AvgIpc) is 1.54. The van der Waals surface area contributed by atoms with Gasteiger partial charge in [-0.1, -0.05) is 318 Å². The molecule has 0 aliphatic heterocycles. The summed E-state index contributed by atoms with van der Waals surface area (Å²) in [7, 11) is 0. The van der Waals surface area contributed by atoms with Gasteiger partial charge in [-0.25, -0.2) is 0 Å². The van der Waals surface area contributed by atoms with E-state index in [-0.39, 0.29) is 95.0 Å². The van der Waals surface area contributed by atoms with Crippen molar-refractivity contribution in [2.45, 2.75) is 209 Å². The Morgan fingerprint density at radius 1 is 0.193 bits per heavy atom. The van der Waals surface area contributed by atoms with E-state index in [0.29, 0.717) is 0 Å². The zero-order chi connectivity index (χ0) is 104. The Morgan fingerprint density at radius 3 is 0.634 bits per heavy atom. The van der Waals surface area contributed by atoms with Crippen molar-refractivity contribution < 1.29 is 51.7 Å². The molecule has 0 saturated heterocycles. The maximum Gasteiger partial charge on any atom is 4.00 e. The predicted molar refractivity (Wildman–Crippen MR) is 625 cm³/mol. The van der Waals surface area contributed by atoms with Crippen LogP contribution in [0.1, 0.15) is 250 Å². The van der Waals surface area contributed by atoms with Crippen molar-refractivity contribution in [3.05, 3.63) is 526 Å². The molecule has 0 aliphatic rings. The van der Waals surface area contributed by atoms with E-state index in [1.165, 1.54) is 121 Å². The molecule has 0 saturated carbocycles. The van der Waals surface area contributed by atoms with Crippen LogP contribution in [0.15, 0.2) is 395 Å². The molecule has 6 heteroatoms. The Morgan fingerprint density at radius 2 is 0.414 bits per heavy atom. The van der Waals surface area contributed by atoms with Gasteiger partial charge in [0.1, 0.15) is 0 Å². The number of rotatable bonds is 6. The molecule has 4 heterocycles. The SMILES string of the molecule is CC(C)(C)c1cc(-c2c3cc(C(C)(C)C)ccc3c(-c3ccc(-c4ccccn4)[n-]3)c3ccc(C(C)(C)C)cc23)cc(C(C)(C)C)c1.CC(C)(C)c1cc(-c2c3cc(C(C)(C)C)ccc3c(-c3ccc(-c4ccccn4)[nH]3)c3ccc(C(C)(C)C)cc23)cc(C(C)(C)C)c1.[CH2-]c1ccccc1.[CH2-]c1ccccc1.[CH2-]c1ccccc1.[CH2-]c1ccccc1.[CH2-]c1ccccc1.[CH2-]c1ccccc1.[CH2-]c1ccccc1.[Hf+4].[Hf]. The van der Waals surface area contributed by atoms with Gasteiger partial charge in [0, 0.05) is 55.2 Å². The minimum Gasteiger partial charge on any atom is -0.656 e. The molecular weight excluding hydrogens is 2080 g/mol. The smallest absolute Gasteiger partial charge is 0.656 e. The molecule has 4 nitrogen and oxygen atoms in total. The van der Waals surface area contributed by atoms with Crippen molar-refractivity contribution in [2.75, 3.05) is 0 Å². The van der Waals surface area contributed by atoms with Crippen LogP contribution in [-0.4, -0.2) is 15.0 Å². The van der Waals surface area contributed by atoms with Crippen molar-refractivity contribution in [3.63, 3.8) is 0 Å². The number of fused-ring (bicyclic) bond motifs is 4. The molecule has 0 aliphatic carbocycles. The molecule has 19 aromatic rings. The van der Waals surface area contributed by atoms with Crippen molar-refractivity contribution in [1.29, 1.82) is 0 Å². The molecule has 0 unspecified atom stereocenters. The second kappa shape index (κ2) is 50.7. The van der Waals surface area contributed by atoms with E-state index >= 15 is 0 Å². The van der Waals surface area contributed by atoms with E-state index in [0.717, 1.165) is 73.1 Å². The summed E-state index contributed by atoms with van der Waals surface area (Å²) in [6.45, 7) is 81.7. The number of hydrogen-bond acceptors (Lipinski definition) is 2. The van der Waals surface area contributed by atoms with Gasteiger partial charge in [0.05, 0.1) is 11.4 Å². The van der Waals surface area contributed by atoms with Crippen LogP contribution in [0.25, 0.3) is 111 Å². The molecule has 0 spiro atoms. The standard InChI is InChI=1S/C45H52N2.C45H51N2.7C7H7.2Hf/c2*1-42(2,3)29-16-18-33-35(26-29)40(28-23-31(44(7,8)9)25-32(24-28)45(10,11)12)36-27-30(43(4,5)6)17-19-34(36)41(33)39-21-20-38(47-39)37-15-13-14-22-46-37;7*1-7-5-3-2-4-6-7;;/h13-27,47H,1-12H3;13-27H,1-12H3;7*2-6H,1H2;;/q;8*-1;;+4. The Hall–Kier alpha value is -13.0. The van der Waals surface area contributed by atoms with E-state index in [9.17, 15) is 0 Å². The predicted octanol–water partition coefficient (Wildman–Crippen LogP) is 38.5. The van der Waals surface area contributed by atoms with Crippen LogP contribution in [0.4, 0.5) is 0 Å². The molecule has 19 rings (SSSR count). The van der Waals surface area contributed by atoms with Gasteiger partial charge in [-0.05, 0) is 219 Å². The molecule has 0 amide bonds. The van der Waals surface area contributed by atoms with E-state index < -0.39 is 0 Å². The Bertz CT molecular complexity index is 6360. The van der Waals surface area contributed by atoms with E-state index in [2.05, 4.69) is 369 Å². The van der Waals surface area contributed by atoms with E-state index in [1.54, 1.807) is 0 Å². The monoisotopic (exact) mass is 2240 g/mol. The molecule has 145 heavy (non-hydrogen) atoms. The fourth-order valence-corrected chi connectivity index (χ4v) is 16.5. The van der Waals surface area contributed by atoms with Crippen LogP contribution in [0.5, 0.6) is 0 Å². The fourth-order valence-electron chi connectivity index (χ4n) is 16.5. The number of aromatic amines is 1. The summed E-state index contributed by atoms with van der Waals surface area (Å²) in [5.74, 6) is 0. The first kappa shape index (κ1) is 116. The van der Waals surface area contributed by atoms with Crippen LogP contribution in [-0.2, 0) is 95.0 Å². The van der Waals surface area contributed by atoms with Gasteiger partial charge in [-0.2, -0.15) is 172 Å². The van der Waals surface area contributed by atoms with Gasteiger partial charge in [0.25, 0.3) is 0 Å². The summed E-state index contributed by atoms with van der Waals surface area (Å²) in [6, 6.07) is 133. The summed E-state index contributed by atoms with van der Waals surface area (Å²) < 4.78 is 0. The van der Waals surface area contributed by atoms with E-state index in [1.807, 2.05) is 255 Å². The number of nitrogens with zero attached hydrogens (tertiary/aromatic N) is 3. The number of nitrogens with one attached hydrogen (secondary N) is 1. The molecule has 1 N–H and O–H groups in total. The minimum atomic E-state index is 0. The van der Waals surface area contributed by atoms with Crippen molar-refractivity contribution >= 4 is 43.1 Å². The first-order chi connectivity index (χ1) is 67.4. The molecule has 0 fully saturated rings. The minimum absolute atomic E-state index is 0. The number of H-pyrrole nitrogens is 1. The third-order valence-electron chi connectivity index (χ3n) is 25.2. The van der Waals surface area contributed by atoms with Gasteiger partial charge >= 0.3 is 25.8 Å². The van der Waals surface area contributed by atoms with Crippen LogP contribution >= 0.6 is 0 Å². The van der Waals surface area contributed by atoms with Crippen molar-refractivity contribution in [2.24, 2.45) is 0 Å². The first-order valence-corrected chi connectivity index (χ1v) is 50.1. The van der Waals surface area contributed by atoms with Gasteiger partial charge in [-0.3, -0.25) is 9.97 Å². The number of aromatic nitrogens is 4. The summed E-state index contributed by atoms with van der Waals surface area (Å²) in [5, 5.41) is 10.1. The number of hydrogen-bond donors (Lipinski definition) is 1. The summed E-state index contributed by atoms with van der Waals surface area (Å²) >= 11 is 0. The molecule has 0 atom stereocenters. The van der Waals surface area contributed by atoms with Gasteiger partial charge in [-0.15, -0.1) is 96.3 Å². The van der Waals surface area contributed by atoms with Crippen LogP contribution in [0, 0.1) is 48.5 Å². The summed E-state index contributed by atoms with van der Waals surface area (Å²) in [5.41, 5.74) is 31.9. The Labute approximate surface area is 910 Å². The van der Waals surface area contributed by atoms with Gasteiger partial charge in [0.2, 0.25) is 0 Å². The van der Waals surface area contributed by atoms with Crippen LogP contribution in [0.3, 0.4) is 0 Å². The third-order valence-corrected chi connectivity index (χ3v) is 25.2. The van der Waals surface area contributed by atoms with Gasteiger partial charge in [0.15, 0.2) is 0 Å². The molecule has 4 aromatic heterocycles. The summed E-state index contributed by atoms with van der Waals surface area (Å²) in [4.78, 5) is 18.2. The Balaban J connectivity index is 0.000000217. The van der Waals surface area contributed by atoms with Gasteiger partial charge < -0.3 is 9.97 Å². The third kappa shape index (κ3) is 33.0. The number of benzene rings is 15.